The van der Waals surface area contributed by atoms with Crippen LogP contribution in [0.5, 0.6) is 0 Å². The van der Waals surface area contributed by atoms with E-state index in [1.54, 1.807) is 0 Å². The van der Waals surface area contributed by atoms with E-state index >= 15 is 0 Å². The quantitative estimate of drug-likeness (QED) is 0.389. The molecule has 4 heteroatoms. The molecular weight excluding hydrogens is 122 g/mol. The zero-order valence-corrected chi connectivity index (χ0v) is 4.92. The molecule has 0 aliphatic rings. The number of carbonyl (C=O) groups excluding carboxylic acids is 1. The maximum atomic E-state index is 10.2. The minimum Gasteiger partial charge on any atom is -0.475 e. The Labute approximate surface area is 52.0 Å². The van der Waals surface area contributed by atoms with Gasteiger partial charge in [-0.1, -0.05) is 0 Å². The van der Waals surface area contributed by atoms with Crippen LogP contribution in [0.4, 0.5) is 0 Å². The van der Waals surface area contributed by atoms with Crippen molar-refractivity contribution >= 4 is 11.8 Å². The molecule has 0 rings (SSSR count). The van der Waals surface area contributed by atoms with Gasteiger partial charge in [-0.05, 0) is 6.92 Å². The van der Waals surface area contributed by atoms with Crippen molar-refractivity contribution in [2.45, 2.75) is 6.92 Å². The fraction of sp³-hybridized carbons (Fsp3) is 0.200. The lowest BCUT2D eigenvalue weighted by Crippen LogP contribution is -2.10. The number of hydrogen-bond donors (Lipinski definition) is 2. The van der Waals surface area contributed by atoms with Crippen molar-refractivity contribution in [1.29, 1.82) is 0 Å². The third-order valence-electron chi connectivity index (χ3n) is 0.570. The predicted octanol–water partition coefficient (Wildman–Crippen LogP) is -0.497. The fourth-order valence-electron chi connectivity index (χ4n) is 0.269. The van der Waals surface area contributed by atoms with Crippen molar-refractivity contribution in [1.82, 2.24) is 0 Å². The summed E-state index contributed by atoms with van der Waals surface area (Å²) in [4.78, 5) is 20.0. The molecule has 0 aliphatic heterocycles. The molecule has 0 bridgehead atoms. The Bertz CT molecular complexity index is 167. The van der Waals surface area contributed by atoms with Crippen LogP contribution >= 0.6 is 0 Å². The molecular formula is C5H7NO3. The molecule has 0 aromatic carbocycles. The average molecular weight is 129 g/mol. The number of allylic oxidation sites excluding steroid dienone is 1. The summed E-state index contributed by atoms with van der Waals surface area (Å²) >= 11 is 0. The van der Waals surface area contributed by atoms with Crippen LogP contribution in [-0.4, -0.2) is 16.9 Å². The zero-order chi connectivity index (χ0) is 7.44. The molecule has 0 unspecified atom stereocenters. The number of aliphatic carboxylic acids is 1. The van der Waals surface area contributed by atoms with E-state index in [4.69, 9.17) is 10.8 Å². The summed E-state index contributed by atoms with van der Waals surface area (Å²) in [6, 6.07) is 0. The summed E-state index contributed by atoms with van der Waals surface area (Å²) in [5.74, 6) is -2.48. The van der Waals surface area contributed by atoms with Crippen molar-refractivity contribution < 1.29 is 14.7 Å². The first-order valence-electron chi connectivity index (χ1n) is 2.25. The van der Waals surface area contributed by atoms with E-state index in [0.29, 0.717) is 0 Å². The zero-order valence-electron chi connectivity index (χ0n) is 4.92. The molecule has 0 spiro atoms. The number of carboxylic acid groups (broad SMARTS) is 1. The van der Waals surface area contributed by atoms with Crippen LogP contribution in [-0.2, 0) is 9.59 Å². The van der Waals surface area contributed by atoms with Gasteiger partial charge in [0.25, 0.3) is 5.78 Å². The first-order chi connectivity index (χ1) is 4.04. The van der Waals surface area contributed by atoms with E-state index < -0.39 is 11.8 Å². The number of carbonyl (C=O) groups is 2. The van der Waals surface area contributed by atoms with Crippen molar-refractivity contribution in [2.24, 2.45) is 5.73 Å². The van der Waals surface area contributed by atoms with Crippen LogP contribution < -0.4 is 5.73 Å². The fourth-order valence-corrected chi connectivity index (χ4v) is 0.269. The second kappa shape index (κ2) is 2.86. The van der Waals surface area contributed by atoms with Gasteiger partial charge in [0, 0.05) is 11.8 Å². The van der Waals surface area contributed by atoms with Crippen molar-refractivity contribution in [3.8, 4) is 0 Å². The summed E-state index contributed by atoms with van der Waals surface area (Å²) in [5, 5.41) is 7.98. The Morgan fingerprint density at radius 1 is 1.56 bits per heavy atom. The number of nitrogens with two attached hydrogens (primary N) is 1. The molecule has 0 amide bonds. The molecule has 0 saturated carbocycles. The van der Waals surface area contributed by atoms with Crippen LogP contribution in [0, 0.1) is 0 Å². The van der Waals surface area contributed by atoms with E-state index in [1.165, 1.54) is 6.92 Å². The van der Waals surface area contributed by atoms with E-state index in [2.05, 4.69) is 0 Å². The third-order valence-corrected chi connectivity index (χ3v) is 0.570. The van der Waals surface area contributed by atoms with Gasteiger partial charge in [-0.2, -0.15) is 0 Å². The maximum absolute atomic E-state index is 10.2. The van der Waals surface area contributed by atoms with Crippen LogP contribution in [0.3, 0.4) is 0 Å². The van der Waals surface area contributed by atoms with Gasteiger partial charge >= 0.3 is 5.97 Å². The summed E-state index contributed by atoms with van der Waals surface area (Å²) in [7, 11) is 0. The molecule has 0 fully saturated rings. The van der Waals surface area contributed by atoms with Crippen LogP contribution in [0.15, 0.2) is 11.8 Å². The minimum absolute atomic E-state index is 0.197. The molecule has 9 heavy (non-hydrogen) atoms. The lowest BCUT2D eigenvalue weighted by atomic mass is 10.3. The lowest BCUT2D eigenvalue weighted by molar-refractivity contribution is -0.146. The summed E-state index contributed by atoms with van der Waals surface area (Å²) < 4.78 is 0. The minimum atomic E-state index is -1.49. The Hall–Kier alpha value is -1.32. The van der Waals surface area contributed by atoms with Crippen molar-refractivity contribution in [3.05, 3.63) is 11.8 Å². The smallest absolute Gasteiger partial charge is 0.376 e. The molecule has 0 aliphatic carbocycles. The van der Waals surface area contributed by atoms with Gasteiger partial charge in [-0.25, -0.2) is 4.79 Å². The van der Waals surface area contributed by atoms with Crippen LogP contribution in [0.2, 0.25) is 0 Å². The lowest BCUT2D eigenvalue weighted by Gasteiger charge is -1.85. The molecule has 0 radical (unpaired) electrons. The molecule has 0 saturated heterocycles. The van der Waals surface area contributed by atoms with Gasteiger partial charge in [0.05, 0.1) is 0 Å². The number of rotatable bonds is 2. The van der Waals surface area contributed by atoms with Crippen molar-refractivity contribution in [3.63, 3.8) is 0 Å². The van der Waals surface area contributed by atoms with E-state index in [1.807, 2.05) is 0 Å². The molecule has 3 N–H and O–H groups in total. The van der Waals surface area contributed by atoms with Gasteiger partial charge in [0.15, 0.2) is 0 Å². The second-order valence-electron chi connectivity index (χ2n) is 1.56. The number of carboxylic acids is 1. The highest BCUT2D eigenvalue weighted by molar-refractivity contribution is 6.37. The normalized spacial score (nSPS) is 11.0. The molecule has 50 valence electrons. The number of hydrogen-bond acceptors (Lipinski definition) is 3. The Morgan fingerprint density at radius 3 is 2.11 bits per heavy atom. The standard InChI is InChI=1S/C5H7NO3/c1-3(6)2-4(7)5(8)9/h2H,6H2,1H3,(H,8,9). The Morgan fingerprint density at radius 2 is 2.00 bits per heavy atom. The summed E-state index contributed by atoms with van der Waals surface area (Å²) in [5.41, 5.74) is 5.20. The first-order valence-corrected chi connectivity index (χ1v) is 2.25. The second-order valence-corrected chi connectivity index (χ2v) is 1.56. The summed E-state index contributed by atoms with van der Waals surface area (Å²) in [6.07, 6.45) is 0.863. The van der Waals surface area contributed by atoms with Crippen LogP contribution in [0.25, 0.3) is 0 Å². The topological polar surface area (TPSA) is 80.4 Å². The van der Waals surface area contributed by atoms with E-state index in [-0.39, 0.29) is 5.70 Å². The summed E-state index contributed by atoms with van der Waals surface area (Å²) in [6.45, 7) is 1.45. The monoisotopic (exact) mass is 129 g/mol. The van der Waals surface area contributed by atoms with E-state index in [0.717, 1.165) is 6.08 Å². The first kappa shape index (κ1) is 7.68. The highest BCUT2D eigenvalue weighted by atomic mass is 16.4. The van der Waals surface area contributed by atoms with Gasteiger partial charge in [0.2, 0.25) is 0 Å². The van der Waals surface area contributed by atoms with Gasteiger partial charge in [-0.15, -0.1) is 0 Å². The molecule has 0 aromatic heterocycles. The highest BCUT2D eigenvalue weighted by Gasteiger charge is 2.05. The number of ketones is 1. The molecule has 0 heterocycles. The highest BCUT2D eigenvalue weighted by Crippen LogP contribution is 1.81. The van der Waals surface area contributed by atoms with Crippen LogP contribution in [0.1, 0.15) is 6.92 Å². The van der Waals surface area contributed by atoms with Gasteiger partial charge < -0.3 is 10.8 Å². The van der Waals surface area contributed by atoms with Gasteiger partial charge in [0.1, 0.15) is 0 Å². The van der Waals surface area contributed by atoms with Crippen molar-refractivity contribution in [2.75, 3.05) is 0 Å². The molecule has 4 nitrogen and oxygen atoms in total. The van der Waals surface area contributed by atoms with Gasteiger partial charge in [-0.3, -0.25) is 4.79 Å². The largest absolute Gasteiger partial charge is 0.475 e. The average Bonchev–Trinajstić information content (AvgIpc) is 1.63. The molecule has 0 aromatic rings. The maximum Gasteiger partial charge on any atom is 0.376 e. The SMILES string of the molecule is CC(N)=CC(=O)C(=O)O. The Kier molecular flexibility index (Phi) is 2.44. The third kappa shape index (κ3) is 3.28. The molecule has 0 atom stereocenters. The van der Waals surface area contributed by atoms with E-state index in [9.17, 15) is 9.59 Å². The predicted molar refractivity (Wildman–Crippen MR) is 30.6 cm³/mol. The Balaban J connectivity index is 4.09.